The van der Waals surface area contributed by atoms with Crippen LogP contribution in [0.1, 0.15) is 0 Å². The van der Waals surface area contributed by atoms with Crippen molar-refractivity contribution in [2.24, 2.45) is 0 Å². The molecule has 0 saturated carbocycles. The largest absolute Gasteiger partial charge is 0.338 e. The van der Waals surface area contributed by atoms with E-state index >= 15 is 0 Å². The third kappa shape index (κ3) is 5.86. The van der Waals surface area contributed by atoms with Gasteiger partial charge in [-0.1, -0.05) is 47.8 Å². The molecule has 3 amide bonds. The summed E-state index contributed by atoms with van der Waals surface area (Å²) in [6.07, 6.45) is 0. The molecule has 6 nitrogen and oxygen atoms in total. The highest BCUT2D eigenvalue weighted by Crippen LogP contribution is 2.05. The molecule has 0 bridgehead atoms. The number of hydrogen-bond acceptors (Lipinski definition) is 3. The second-order valence-electron chi connectivity index (χ2n) is 4.54. The monoisotopic (exact) mass is 489 g/mol. The van der Waals surface area contributed by atoms with Crippen molar-refractivity contribution < 1.29 is 14.4 Å². The van der Waals surface area contributed by atoms with Gasteiger partial charge >= 0.3 is 0 Å². The minimum absolute atomic E-state index is 0.0330. The highest BCUT2D eigenvalue weighted by atomic mass is 79.9. The summed E-state index contributed by atoms with van der Waals surface area (Å²) in [6, 6.07) is 0. The lowest BCUT2D eigenvalue weighted by Gasteiger charge is -2.25. The van der Waals surface area contributed by atoms with Crippen molar-refractivity contribution in [3.8, 4) is 0 Å². The molecule has 0 aromatic heterocycles. The fourth-order valence-corrected chi connectivity index (χ4v) is 3.13. The number of nitrogens with zero attached hydrogens (tertiary/aromatic N) is 3. The first-order valence-corrected chi connectivity index (χ1v) is 9.91. The number of carbonyl (C=O) groups excluding carboxylic acids is 3. The molecule has 1 aliphatic rings. The van der Waals surface area contributed by atoms with Crippen molar-refractivity contribution in [3.63, 3.8) is 0 Å². The van der Waals surface area contributed by atoms with E-state index in [1.54, 1.807) is 14.7 Å². The van der Waals surface area contributed by atoms with Crippen LogP contribution in [-0.2, 0) is 14.4 Å². The van der Waals surface area contributed by atoms with Crippen LogP contribution in [0.3, 0.4) is 0 Å². The zero-order valence-electron chi connectivity index (χ0n) is 11.6. The Balaban J connectivity index is 2.83. The van der Waals surface area contributed by atoms with E-state index in [1.807, 2.05) is 0 Å². The van der Waals surface area contributed by atoms with Crippen LogP contribution in [0, 0.1) is 0 Å². The lowest BCUT2D eigenvalue weighted by atomic mass is 10.4. The molecule has 0 aliphatic carbocycles. The number of carbonyl (C=O) groups is 3. The Morgan fingerprint density at radius 2 is 0.762 bits per heavy atom. The summed E-state index contributed by atoms with van der Waals surface area (Å²) in [5, 5.41) is 0.726. The van der Waals surface area contributed by atoms with E-state index in [4.69, 9.17) is 0 Å². The maximum atomic E-state index is 11.9. The normalized spacial score (nSPS) is 17.0. The van der Waals surface area contributed by atoms with Crippen LogP contribution in [0.5, 0.6) is 0 Å². The van der Waals surface area contributed by atoms with E-state index in [-0.39, 0.29) is 33.7 Å². The summed E-state index contributed by atoms with van der Waals surface area (Å²) >= 11 is 9.49. The molecule has 0 unspecified atom stereocenters. The number of alkyl halides is 3. The van der Waals surface area contributed by atoms with Gasteiger partial charge in [-0.3, -0.25) is 14.4 Å². The molecular formula is C12H18Br3N3O3. The van der Waals surface area contributed by atoms with E-state index in [0.29, 0.717) is 39.3 Å². The van der Waals surface area contributed by atoms with Crippen LogP contribution < -0.4 is 0 Å². The Morgan fingerprint density at radius 1 is 0.571 bits per heavy atom. The molecule has 1 heterocycles. The number of halogens is 3. The van der Waals surface area contributed by atoms with Gasteiger partial charge in [0.2, 0.25) is 17.7 Å². The summed E-state index contributed by atoms with van der Waals surface area (Å²) in [5.41, 5.74) is 0. The molecule has 0 N–H and O–H groups in total. The van der Waals surface area contributed by atoms with Crippen LogP contribution in [-0.4, -0.2) is 87.7 Å². The lowest BCUT2D eigenvalue weighted by molar-refractivity contribution is -0.131. The molecule has 9 heteroatoms. The van der Waals surface area contributed by atoms with E-state index in [1.165, 1.54) is 0 Å². The van der Waals surface area contributed by atoms with Crippen molar-refractivity contribution in [1.29, 1.82) is 0 Å². The number of rotatable bonds is 3. The maximum Gasteiger partial charge on any atom is 0.233 e. The van der Waals surface area contributed by atoms with Gasteiger partial charge in [-0.2, -0.15) is 0 Å². The summed E-state index contributed by atoms with van der Waals surface area (Å²) in [5.74, 6) is -0.0989. The van der Waals surface area contributed by atoms with E-state index in [2.05, 4.69) is 47.8 Å². The molecule has 1 saturated heterocycles. The zero-order chi connectivity index (χ0) is 15.8. The third-order valence-electron chi connectivity index (χ3n) is 3.32. The summed E-state index contributed by atoms with van der Waals surface area (Å²) in [7, 11) is 0. The predicted octanol–water partition coefficient (Wildman–Crippen LogP) is 0.671. The Bertz CT molecular complexity index is 326. The number of amides is 3. The standard InChI is InChI=1S/C12H18Br3N3O3/c13-7-10(19)16-1-2-17(11(20)8-14)5-6-18(4-3-16)12(21)9-15/h1-9H2. The van der Waals surface area contributed by atoms with Crippen LogP contribution in [0.15, 0.2) is 0 Å². The molecule has 21 heavy (non-hydrogen) atoms. The lowest BCUT2D eigenvalue weighted by Crippen LogP contribution is -2.42. The quantitative estimate of drug-likeness (QED) is 0.545. The van der Waals surface area contributed by atoms with Crippen molar-refractivity contribution >= 4 is 65.5 Å². The Kier molecular flexibility index (Phi) is 8.80. The second-order valence-corrected chi connectivity index (χ2v) is 6.23. The molecule has 1 aliphatic heterocycles. The molecule has 1 rings (SSSR count). The summed E-state index contributed by atoms with van der Waals surface area (Å²) in [4.78, 5) is 40.7. The maximum absolute atomic E-state index is 11.9. The van der Waals surface area contributed by atoms with E-state index in [0.717, 1.165) is 0 Å². The van der Waals surface area contributed by atoms with Crippen LogP contribution in [0.2, 0.25) is 0 Å². The van der Waals surface area contributed by atoms with Gasteiger partial charge < -0.3 is 14.7 Å². The first-order chi connectivity index (χ1) is 10.0. The van der Waals surface area contributed by atoms with Gasteiger partial charge in [-0.15, -0.1) is 0 Å². The van der Waals surface area contributed by atoms with Crippen molar-refractivity contribution in [2.45, 2.75) is 0 Å². The highest BCUT2D eigenvalue weighted by Gasteiger charge is 2.22. The minimum Gasteiger partial charge on any atom is -0.338 e. The van der Waals surface area contributed by atoms with Gasteiger partial charge in [0, 0.05) is 39.3 Å². The SMILES string of the molecule is O=C(CBr)N1CCN(C(=O)CBr)CCN(C(=O)CBr)CC1. The van der Waals surface area contributed by atoms with E-state index < -0.39 is 0 Å². The first-order valence-electron chi connectivity index (χ1n) is 6.54. The average Bonchev–Trinajstić information content (AvgIpc) is 2.62. The van der Waals surface area contributed by atoms with Gasteiger partial charge in [0.25, 0.3) is 0 Å². The Labute approximate surface area is 149 Å². The van der Waals surface area contributed by atoms with Crippen LogP contribution in [0.25, 0.3) is 0 Å². The van der Waals surface area contributed by atoms with E-state index in [9.17, 15) is 14.4 Å². The minimum atomic E-state index is -0.0330. The van der Waals surface area contributed by atoms with Crippen molar-refractivity contribution in [3.05, 3.63) is 0 Å². The van der Waals surface area contributed by atoms with Crippen molar-refractivity contribution in [1.82, 2.24) is 14.7 Å². The zero-order valence-corrected chi connectivity index (χ0v) is 16.3. The fraction of sp³-hybridized carbons (Fsp3) is 0.750. The summed E-state index contributed by atoms with van der Waals surface area (Å²) < 4.78 is 0. The molecule has 1 fully saturated rings. The third-order valence-corrected chi connectivity index (χ3v) is 4.76. The molecule has 120 valence electrons. The Hall–Kier alpha value is -0.150. The van der Waals surface area contributed by atoms with Crippen LogP contribution >= 0.6 is 47.8 Å². The fourth-order valence-electron chi connectivity index (χ4n) is 2.06. The highest BCUT2D eigenvalue weighted by molar-refractivity contribution is 9.09. The van der Waals surface area contributed by atoms with Gasteiger partial charge in [-0.05, 0) is 0 Å². The van der Waals surface area contributed by atoms with Crippen molar-refractivity contribution in [2.75, 3.05) is 55.3 Å². The van der Waals surface area contributed by atoms with Gasteiger partial charge in [-0.25, -0.2) is 0 Å². The van der Waals surface area contributed by atoms with Crippen LogP contribution in [0.4, 0.5) is 0 Å². The van der Waals surface area contributed by atoms with Gasteiger partial charge in [0.15, 0.2) is 0 Å². The number of hydrogen-bond donors (Lipinski definition) is 0. The molecule has 0 aromatic carbocycles. The first kappa shape index (κ1) is 18.9. The second kappa shape index (κ2) is 9.78. The Morgan fingerprint density at radius 3 is 0.905 bits per heavy atom. The molecule has 0 aromatic rings. The molecular weight excluding hydrogens is 474 g/mol. The van der Waals surface area contributed by atoms with Gasteiger partial charge in [0.05, 0.1) is 16.0 Å². The average molecular weight is 492 g/mol. The summed E-state index contributed by atoms with van der Waals surface area (Å²) in [6.45, 7) is 2.91. The smallest absolute Gasteiger partial charge is 0.233 e. The van der Waals surface area contributed by atoms with Gasteiger partial charge in [0.1, 0.15) is 0 Å². The molecule has 0 atom stereocenters. The molecule has 0 radical (unpaired) electrons. The predicted molar refractivity (Wildman–Crippen MR) is 91.1 cm³/mol. The molecule has 0 spiro atoms. The topological polar surface area (TPSA) is 60.9 Å².